The van der Waals surface area contributed by atoms with E-state index in [9.17, 15) is 14.9 Å². The van der Waals surface area contributed by atoms with Gasteiger partial charge in [0.05, 0.1) is 15.6 Å². The number of ether oxygens (including phenoxy) is 1. The van der Waals surface area contributed by atoms with Gasteiger partial charge in [-0.2, -0.15) is 0 Å². The molecule has 2 rings (SSSR count). The van der Waals surface area contributed by atoms with Gasteiger partial charge >= 0.3 is 0 Å². The van der Waals surface area contributed by atoms with Gasteiger partial charge in [0.25, 0.3) is 11.6 Å². The Labute approximate surface area is 148 Å². The zero-order valence-electron chi connectivity index (χ0n) is 12.9. The molecule has 24 heavy (non-hydrogen) atoms. The maximum atomic E-state index is 12.0. The van der Waals surface area contributed by atoms with E-state index in [1.165, 1.54) is 18.2 Å². The average molecular weight is 369 g/mol. The fourth-order valence-electron chi connectivity index (χ4n) is 2.05. The van der Waals surface area contributed by atoms with Gasteiger partial charge in [-0.1, -0.05) is 23.2 Å². The van der Waals surface area contributed by atoms with E-state index < -0.39 is 10.8 Å². The summed E-state index contributed by atoms with van der Waals surface area (Å²) in [6.07, 6.45) is 0. The van der Waals surface area contributed by atoms with E-state index in [0.717, 1.165) is 11.1 Å². The molecule has 0 saturated heterocycles. The summed E-state index contributed by atoms with van der Waals surface area (Å²) in [5.41, 5.74) is 1.67. The summed E-state index contributed by atoms with van der Waals surface area (Å²) in [4.78, 5) is 22.2. The number of nitro benzene ring substituents is 1. The average Bonchev–Trinajstić information content (AvgIpc) is 2.52. The highest BCUT2D eigenvalue weighted by Crippen LogP contribution is 2.27. The van der Waals surface area contributed by atoms with Gasteiger partial charge in [-0.15, -0.1) is 0 Å². The van der Waals surface area contributed by atoms with Gasteiger partial charge in [0.1, 0.15) is 5.75 Å². The first-order chi connectivity index (χ1) is 11.3. The molecule has 0 heterocycles. The van der Waals surface area contributed by atoms with Crippen LogP contribution in [0, 0.1) is 24.0 Å². The van der Waals surface area contributed by atoms with Crippen LogP contribution in [0.4, 0.5) is 11.4 Å². The summed E-state index contributed by atoms with van der Waals surface area (Å²) in [7, 11) is 0. The summed E-state index contributed by atoms with van der Waals surface area (Å²) >= 11 is 12.0. The predicted octanol–water partition coefficient (Wildman–Crippen LogP) is 4.54. The molecule has 0 bridgehead atoms. The van der Waals surface area contributed by atoms with Crippen molar-refractivity contribution in [3.05, 3.63) is 61.6 Å². The Morgan fingerprint density at radius 1 is 1.21 bits per heavy atom. The second-order valence-electron chi connectivity index (χ2n) is 5.13. The fourth-order valence-corrected chi connectivity index (χ4v) is 2.32. The smallest absolute Gasteiger partial charge is 0.271 e. The summed E-state index contributed by atoms with van der Waals surface area (Å²) in [6.45, 7) is 3.41. The SMILES string of the molecule is Cc1cc(OCC(=O)Nc2cc([N+](=O)[O-])ccc2Cl)cc(C)c1Cl. The second-order valence-corrected chi connectivity index (χ2v) is 5.91. The van der Waals surface area contributed by atoms with Crippen molar-refractivity contribution in [3.63, 3.8) is 0 Å². The third kappa shape index (κ3) is 4.37. The van der Waals surface area contributed by atoms with E-state index in [1.54, 1.807) is 12.1 Å². The third-order valence-electron chi connectivity index (χ3n) is 3.21. The van der Waals surface area contributed by atoms with Crippen LogP contribution < -0.4 is 10.1 Å². The van der Waals surface area contributed by atoms with Gasteiger partial charge in [0.15, 0.2) is 6.61 Å². The number of hydrogen-bond acceptors (Lipinski definition) is 4. The number of benzene rings is 2. The highest BCUT2D eigenvalue weighted by molar-refractivity contribution is 6.33. The van der Waals surface area contributed by atoms with Crippen LogP contribution in [0.2, 0.25) is 10.0 Å². The number of halogens is 2. The lowest BCUT2D eigenvalue weighted by Gasteiger charge is -2.11. The number of aryl methyl sites for hydroxylation is 2. The maximum Gasteiger partial charge on any atom is 0.271 e. The highest BCUT2D eigenvalue weighted by atomic mass is 35.5. The van der Waals surface area contributed by atoms with E-state index >= 15 is 0 Å². The number of carbonyl (C=O) groups is 1. The molecule has 0 atom stereocenters. The lowest BCUT2D eigenvalue weighted by atomic mass is 10.1. The summed E-state index contributed by atoms with van der Waals surface area (Å²) in [6, 6.07) is 7.25. The van der Waals surface area contributed by atoms with Gasteiger partial charge < -0.3 is 10.1 Å². The van der Waals surface area contributed by atoms with E-state index in [4.69, 9.17) is 27.9 Å². The molecule has 6 nitrogen and oxygen atoms in total. The summed E-state index contributed by atoms with van der Waals surface area (Å²) in [5, 5.41) is 14.1. The number of nitrogens with zero attached hydrogens (tertiary/aromatic N) is 1. The molecular weight excluding hydrogens is 355 g/mol. The highest BCUT2D eigenvalue weighted by Gasteiger charge is 2.13. The van der Waals surface area contributed by atoms with Crippen molar-refractivity contribution in [1.82, 2.24) is 0 Å². The predicted molar refractivity (Wildman–Crippen MR) is 93.2 cm³/mol. The minimum atomic E-state index is -0.568. The Kier molecular flexibility index (Phi) is 5.64. The largest absolute Gasteiger partial charge is 0.484 e. The first-order valence-electron chi connectivity index (χ1n) is 6.91. The molecule has 0 unspecified atom stereocenters. The van der Waals surface area contributed by atoms with Gasteiger partial charge in [-0.25, -0.2) is 0 Å². The Balaban J connectivity index is 2.04. The summed E-state index contributed by atoms with van der Waals surface area (Å²) < 4.78 is 5.43. The monoisotopic (exact) mass is 368 g/mol. The van der Waals surface area contributed by atoms with Crippen LogP contribution in [0.15, 0.2) is 30.3 Å². The van der Waals surface area contributed by atoms with Gasteiger partial charge in [0, 0.05) is 17.2 Å². The number of hydrogen-bond donors (Lipinski definition) is 1. The van der Waals surface area contributed by atoms with Crippen LogP contribution in [0.25, 0.3) is 0 Å². The fraction of sp³-hybridized carbons (Fsp3) is 0.188. The molecule has 0 spiro atoms. The van der Waals surface area contributed by atoms with Gasteiger partial charge in [-0.05, 0) is 43.2 Å². The lowest BCUT2D eigenvalue weighted by Crippen LogP contribution is -2.20. The Hall–Kier alpha value is -2.31. The molecule has 0 fully saturated rings. The Morgan fingerprint density at radius 3 is 2.42 bits per heavy atom. The standard InChI is InChI=1S/C16H14Cl2N2O4/c1-9-5-12(6-10(2)16(9)18)24-8-15(21)19-14-7-11(20(22)23)3-4-13(14)17/h3-7H,8H2,1-2H3,(H,19,21). The normalized spacial score (nSPS) is 10.3. The van der Waals surface area contributed by atoms with Crippen LogP contribution in [-0.2, 0) is 4.79 Å². The molecule has 0 aliphatic rings. The van der Waals surface area contributed by atoms with Crippen molar-refractivity contribution in [2.24, 2.45) is 0 Å². The van der Waals surface area contributed by atoms with Crippen molar-refractivity contribution in [1.29, 1.82) is 0 Å². The number of nitrogens with one attached hydrogen (secondary N) is 1. The molecule has 1 amide bonds. The number of anilines is 1. The van der Waals surface area contributed by atoms with Crippen molar-refractivity contribution < 1.29 is 14.5 Å². The molecule has 2 aromatic rings. The first-order valence-corrected chi connectivity index (χ1v) is 7.67. The molecule has 0 aliphatic carbocycles. The second kappa shape index (κ2) is 7.51. The van der Waals surface area contributed by atoms with E-state index in [2.05, 4.69) is 5.32 Å². The molecule has 0 radical (unpaired) electrons. The number of non-ortho nitro benzene ring substituents is 1. The Bertz CT molecular complexity index is 786. The quantitative estimate of drug-likeness (QED) is 0.620. The minimum absolute atomic E-state index is 0.155. The summed E-state index contributed by atoms with van der Waals surface area (Å²) in [5.74, 6) is 0.0253. The van der Waals surface area contributed by atoms with Crippen molar-refractivity contribution in [2.45, 2.75) is 13.8 Å². The molecule has 2 aromatic carbocycles. The minimum Gasteiger partial charge on any atom is -0.484 e. The molecule has 0 aliphatic heterocycles. The lowest BCUT2D eigenvalue weighted by molar-refractivity contribution is -0.384. The van der Waals surface area contributed by atoms with Crippen LogP contribution in [0.1, 0.15) is 11.1 Å². The topological polar surface area (TPSA) is 81.5 Å². The Morgan fingerprint density at radius 2 is 1.83 bits per heavy atom. The van der Waals surface area contributed by atoms with E-state index in [-0.39, 0.29) is 23.0 Å². The number of rotatable bonds is 5. The third-order valence-corrected chi connectivity index (χ3v) is 4.14. The van der Waals surface area contributed by atoms with Crippen LogP contribution in [-0.4, -0.2) is 17.4 Å². The number of carbonyl (C=O) groups excluding carboxylic acids is 1. The molecule has 0 saturated carbocycles. The number of amides is 1. The van der Waals surface area contributed by atoms with Crippen molar-refractivity contribution in [2.75, 3.05) is 11.9 Å². The van der Waals surface area contributed by atoms with Crippen molar-refractivity contribution >= 4 is 40.5 Å². The zero-order chi connectivity index (χ0) is 17.9. The molecule has 1 N–H and O–H groups in total. The van der Waals surface area contributed by atoms with Crippen LogP contribution in [0.3, 0.4) is 0 Å². The maximum absolute atomic E-state index is 12.0. The number of nitro groups is 1. The van der Waals surface area contributed by atoms with E-state index in [1.807, 2.05) is 13.8 Å². The van der Waals surface area contributed by atoms with Crippen molar-refractivity contribution in [3.8, 4) is 5.75 Å². The van der Waals surface area contributed by atoms with Crippen LogP contribution in [0.5, 0.6) is 5.75 Å². The first kappa shape index (κ1) is 18.0. The molecular formula is C16H14Cl2N2O4. The molecule has 8 heteroatoms. The van der Waals surface area contributed by atoms with Gasteiger partial charge in [0.2, 0.25) is 0 Å². The van der Waals surface area contributed by atoms with E-state index in [0.29, 0.717) is 10.8 Å². The van der Waals surface area contributed by atoms with Gasteiger partial charge in [-0.3, -0.25) is 14.9 Å². The zero-order valence-corrected chi connectivity index (χ0v) is 14.4. The van der Waals surface area contributed by atoms with Crippen LogP contribution >= 0.6 is 23.2 Å². The molecule has 0 aromatic heterocycles. The molecule has 126 valence electrons.